The molecule has 0 aliphatic rings. The van der Waals surface area contributed by atoms with Crippen LogP contribution in [0.25, 0.3) is 28.1 Å². The van der Waals surface area contributed by atoms with Gasteiger partial charge >= 0.3 is 0 Å². The largest absolute Gasteiger partial charge is 0.345 e. The van der Waals surface area contributed by atoms with Crippen LogP contribution in [0.1, 0.15) is 17.0 Å². The van der Waals surface area contributed by atoms with Crippen LogP contribution in [0.2, 0.25) is 0 Å². The standard InChI is InChI=1S/C18H16FN5/c1-10-7-14(4-5-15(10)19)24-12(3)22-23-18(24)13-6-11(2)17-16(8-13)20-9-21-17/h4-9H,1-3H3,(H,20,21). The quantitative estimate of drug-likeness (QED) is 0.609. The Balaban J connectivity index is 1.94. The lowest BCUT2D eigenvalue weighted by molar-refractivity contribution is 0.618. The summed E-state index contributed by atoms with van der Waals surface area (Å²) in [7, 11) is 0. The normalized spacial score (nSPS) is 11.3. The molecule has 1 N–H and O–H groups in total. The molecule has 4 aromatic rings. The SMILES string of the molecule is Cc1cc(-n2c(C)nnc2-c2cc(C)c3nc[nH]c3c2)ccc1F. The second-order valence-corrected chi connectivity index (χ2v) is 5.93. The molecule has 0 saturated carbocycles. The second kappa shape index (κ2) is 5.26. The number of aromatic nitrogens is 5. The average Bonchev–Trinajstić information content (AvgIpc) is 3.17. The summed E-state index contributed by atoms with van der Waals surface area (Å²) in [5.74, 6) is 1.25. The van der Waals surface area contributed by atoms with Gasteiger partial charge in [0.25, 0.3) is 0 Å². The van der Waals surface area contributed by atoms with Gasteiger partial charge in [0.1, 0.15) is 11.6 Å². The van der Waals surface area contributed by atoms with Crippen molar-refractivity contribution in [3.63, 3.8) is 0 Å². The van der Waals surface area contributed by atoms with Crippen LogP contribution in [-0.2, 0) is 0 Å². The molecule has 0 aliphatic carbocycles. The molecule has 0 bridgehead atoms. The van der Waals surface area contributed by atoms with Gasteiger partial charge in [0.15, 0.2) is 5.82 Å². The van der Waals surface area contributed by atoms with Crippen LogP contribution in [0.4, 0.5) is 4.39 Å². The Morgan fingerprint density at radius 1 is 1.00 bits per heavy atom. The van der Waals surface area contributed by atoms with E-state index in [0.29, 0.717) is 5.56 Å². The maximum Gasteiger partial charge on any atom is 0.168 e. The van der Waals surface area contributed by atoms with Crippen LogP contribution in [0.15, 0.2) is 36.7 Å². The van der Waals surface area contributed by atoms with Gasteiger partial charge in [-0.2, -0.15) is 0 Å². The van der Waals surface area contributed by atoms with Crippen molar-refractivity contribution in [3.8, 4) is 17.1 Å². The lowest BCUT2D eigenvalue weighted by atomic mass is 10.1. The molecule has 0 fully saturated rings. The molecule has 5 nitrogen and oxygen atoms in total. The Hall–Kier alpha value is -3.02. The van der Waals surface area contributed by atoms with Crippen LogP contribution in [0.5, 0.6) is 0 Å². The highest BCUT2D eigenvalue weighted by atomic mass is 19.1. The maximum atomic E-state index is 13.6. The van der Waals surface area contributed by atoms with Gasteiger partial charge in [-0.15, -0.1) is 10.2 Å². The summed E-state index contributed by atoms with van der Waals surface area (Å²) in [6.45, 7) is 5.65. The van der Waals surface area contributed by atoms with E-state index in [-0.39, 0.29) is 5.82 Å². The van der Waals surface area contributed by atoms with Crippen molar-refractivity contribution in [3.05, 3.63) is 59.4 Å². The van der Waals surface area contributed by atoms with E-state index in [1.807, 2.05) is 30.5 Å². The number of nitrogens with zero attached hydrogens (tertiary/aromatic N) is 4. The highest BCUT2D eigenvalue weighted by molar-refractivity contribution is 5.83. The fourth-order valence-corrected chi connectivity index (χ4v) is 2.98. The summed E-state index contributed by atoms with van der Waals surface area (Å²) in [6, 6.07) is 9.06. The average molecular weight is 321 g/mol. The summed E-state index contributed by atoms with van der Waals surface area (Å²) in [5.41, 5.74) is 5.32. The molecule has 0 unspecified atom stereocenters. The number of nitrogens with one attached hydrogen (secondary N) is 1. The first-order chi connectivity index (χ1) is 11.5. The molecule has 2 aromatic heterocycles. The van der Waals surface area contributed by atoms with Crippen molar-refractivity contribution in [1.29, 1.82) is 0 Å². The van der Waals surface area contributed by atoms with E-state index in [1.165, 1.54) is 6.07 Å². The van der Waals surface area contributed by atoms with Gasteiger partial charge in [-0.1, -0.05) is 0 Å². The molecule has 0 aliphatic heterocycles. The summed E-state index contributed by atoms with van der Waals surface area (Å²) in [6.07, 6.45) is 1.68. The minimum atomic E-state index is -0.222. The first-order valence-corrected chi connectivity index (χ1v) is 7.67. The Labute approximate surface area is 138 Å². The third-order valence-corrected chi connectivity index (χ3v) is 4.20. The fourth-order valence-electron chi connectivity index (χ4n) is 2.98. The number of halogens is 1. The lowest BCUT2D eigenvalue weighted by Crippen LogP contribution is -2.01. The van der Waals surface area contributed by atoms with E-state index >= 15 is 0 Å². The number of H-pyrrole nitrogens is 1. The molecular formula is C18H16FN5. The molecule has 6 heteroatoms. The predicted octanol–water partition coefficient (Wildman–Crippen LogP) is 3.87. The van der Waals surface area contributed by atoms with E-state index in [1.54, 1.807) is 25.4 Å². The van der Waals surface area contributed by atoms with Crippen LogP contribution in [-0.4, -0.2) is 24.7 Å². The van der Waals surface area contributed by atoms with Gasteiger partial charge in [0.05, 0.1) is 17.4 Å². The van der Waals surface area contributed by atoms with E-state index in [2.05, 4.69) is 20.2 Å². The van der Waals surface area contributed by atoms with E-state index in [9.17, 15) is 4.39 Å². The summed E-state index contributed by atoms with van der Waals surface area (Å²) >= 11 is 0. The van der Waals surface area contributed by atoms with Gasteiger partial charge in [-0.3, -0.25) is 4.57 Å². The number of imidazole rings is 1. The van der Waals surface area contributed by atoms with Crippen molar-refractivity contribution in [2.75, 3.05) is 0 Å². The van der Waals surface area contributed by atoms with Crippen LogP contribution in [0.3, 0.4) is 0 Å². The van der Waals surface area contributed by atoms with Gasteiger partial charge in [0.2, 0.25) is 0 Å². The zero-order valence-electron chi connectivity index (χ0n) is 13.6. The number of aryl methyl sites for hydroxylation is 3. The molecule has 120 valence electrons. The molecule has 0 saturated heterocycles. The molecule has 24 heavy (non-hydrogen) atoms. The summed E-state index contributed by atoms with van der Waals surface area (Å²) in [5, 5.41) is 8.54. The lowest BCUT2D eigenvalue weighted by Gasteiger charge is -2.11. The summed E-state index contributed by atoms with van der Waals surface area (Å²) < 4.78 is 15.5. The van der Waals surface area contributed by atoms with E-state index in [0.717, 1.165) is 39.5 Å². The summed E-state index contributed by atoms with van der Waals surface area (Å²) in [4.78, 5) is 7.46. The van der Waals surface area contributed by atoms with Crippen molar-refractivity contribution >= 4 is 11.0 Å². The number of fused-ring (bicyclic) bond motifs is 1. The van der Waals surface area contributed by atoms with Crippen LogP contribution < -0.4 is 0 Å². The molecule has 0 radical (unpaired) electrons. The molecular weight excluding hydrogens is 305 g/mol. The van der Waals surface area contributed by atoms with Gasteiger partial charge in [-0.25, -0.2) is 9.37 Å². The highest BCUT2D eigenvalue weighted by Crippen LogP contribution is 2.27. The topological polar surface area (TPSA) is 59.4 Å². The molecule has 0 spiro atoms. The van der Waals surface area contributed by atoms with Gasteiger partial charge in [-0.05, 0) is 62.2 Å². The Morgan fingerprint density at radius 3 is 2.62 bits per heavy atom. The number of hydrogen-bond acceptors (Lipinski definition) is 3. The van der Waals surface area contributed by atoms with Crippen molar-refractivity contribution in [1.82, 2.24) is 24.7 Å². The van der Waals surface area contributed by atoms with Gasteiger partial charge < -0.3 is 4.98 Å². The van der Waals surface area contributed by atoms with Crippen molar-refractivity contribution in [2.24, 2.45) is 0 Å². The van der Waals surface area contributed by atoms with Crippen molar-refractivity contribution in [2.45, 2.75) is 20.8 Å². The zero-order chi connectivity index (χ0) is 16.8. The first-order valence-electron chi connectivity index (χ1n) is 7.67. The number of benzene rings is 2. The molecule has 4 rings (SSSR count). The Morgan fingerprint density at radius 2 is 1.83 bits per heavy atom. The Bertz CT molecular complexity index is 1060. The van der Waals surface area contributed by atoms with Crippen LogP contribution in [0, 0.1) is 26.6 Å². The molecule has 2 heterocycles. The fraction of sp³-hybridized carbons (Fsp3) is 0.167. The van der Waals surface area contributed by atoms with Gasteiger partial charge in [0, 0.05) is 11.3 Å². The first kappa shape index (κ1) is 14.6. The molecule has 0 atom stereocenters. The Kier molecular flexibility index (Phi) is 3.19. The third kappa shape index (κ3) is 2.19. The van der Waals surface area contributed by atoms with Crippen molar-refractivity contribution < 1.29 is 4.39 Å². The maximum absolute atomic E-state index is 13.6. The molecule has 0 amide bonds. The smallest absolute Gasteiger partial charge is 0.168 e. The predicted molar refractivity (Wildman–Crippen MR) is 90.6 cm³/mol. The second-order valence-electron chi connectivity index (χ2n) is 5.93. The minimum absolute atomic E-state index is 0.222. The third-order valence-electron chi connectivity index (χ3n) is 4.20. The monoisotopic (exact) mass is 321 g/mol. The van der Waals surface area contributed by atoms with E-state index < -0.39 is 0 Å². The minimum Gasteiger partial charge on any atom is -0.345 e. The molecule has 2 aromatic carbocycles. The number of rotatable bonds is 2. The number of hydrogen-bond donors (Lipinski definition) is 1. The zero-order valence-corrected chi connectivity index (χ0v) is 13.6. The van der Waals surface area contributed by atoms with E-state index in [4.69, 9.17) is 0 Å². The number of aromatic amines is 1. The van der Waals surface area contributed by atoms with Crippen LogP contribution >= 0.6 is 0 Å². The highest BCUT2D eigenvalue weighted by Gasteiger charge is 2.15.